The summed E-state index contributed by atoms with van der Waals surface area (Å²) in [5.41, 5.74) is -0.227. The molecule has 0 aliphatic heterocycles. The van der Waals surface area contributed by atoms with Crippen molar-refractivity contribution in [1.82, 2.24) is 5.32 Å². The molecule has 1 amide bonds. The van der Waals surface area contributed by atoms with Crippen LogP contribution < -0.4 is 5.32 Å². The molecule has 2 bridgehead atoms. The van der Waals surface area contributed by atoms with Gasteiger partial charge in [-0.05, 0) is 49.9 Å². The van der Waals surface area contributed by atoms with Crippen LogP contribution in [0.25, 0.3) is 0 Å². The Morgan fingerprint density at radius 2 is 2.12 bits per heavy atom. The van der Waals surface area contributed by atoms with Gasteiger partial charge in [-0.25, -0.2) is 0 Å². The summed E-state index contributed by atoms with van der Waals surface area (Å²) in [7, 11) is 0. The molecular weight excluding hydrogens is 202 g/mol. The summed E-state index contributed by atoms with van der Waals surface area (Å²) in [6.45, 7) is 0.107. The Balaban J connectivity index is 1.50. The van der Waals surface area contributed by atoms with Gasteiger partial charge in [0.15, 0.2) is 0 Å². The first-order valence-electron chi connectivity index (χ1n) is 6.63. The molecular formula is C13H21NO2. The maximum atomic E-state index is 11.9. The second-order valence-electron chi connectivity index (χ2n) is 6.13. The maximum absolute atomic E-state index is 11.9. The van der Waals surface area contributed by atoms with Crippen molar-refractivity contribution in [3.05, 3.63) is 0 Å². The third-order valence-corrected chi connectivity index (χ3v) is 4.89. The molecule has 2 N–H and O–H groups in total. The predicted octanol–water partition coefficient (Wildman–Crippen LogP) is 1.45. The largest absolute Gasteiger partial charge is 0.394 e. The summed E-state index contributed by atoms with van der Waals surface area (Å²) in [6, 6.07) is 0. The Hall–Kier alpha value is -0.570. The van der Waals surface area contributed by atoms with Gasteiger partial charge in [-0.3, -0.25) is 4.79 Å². The van der Waals surface area contributed by atoms with Crippen molar-refractivity contribution in [2.45, 2.75) is 50.5 Å². The molecule has 3 saturated carbocycles. The van der Waals surface area contributed by atoms with Crippen LogP contribution in [0.1, 0.15) is 44.9 Å². The third kappa shape index (κ3) is 1.86. The van der Waals surface area contributed by atoms with Crippen molar-refractivity contribution >= 4 is 5.91 Å². The highest BCUT2D eigenvalue weighted by atomic mass is 16.3. The maximum Gasteiger partial charge on any atom is 0.220 e. The molecule has 3 unspecified atom stereocenters. The van der Waals surface area contributed by atoms with Crippen molar-refractivity contribution in [1.29, 1.82) is 0 Å². The molecule has 3 atom stereocenters. The fourth-order valence-corrected chi connectivity index (χ4v) is 3.68. The van der Waals surface area contributed by atoms with Gasteiger partial charge in [0.25, 0.3) is 0 Å². The number of nitrogens with one attached hydrogen (secondary N) is 1. The lowest BCUT2D eigenvalue weighted by atomic mass is 9.86. The van der Waals surface area contributed by atoms with E-state index in [1.54, 1.807) is 0 Å². The van der Waals surface area contributed by atoms with E-state index in [-0.39, 0.29) is 18.1 Å². The number of aliphatic hydroxyl groups is 1. The molecule has 0 aromatic heterocycles. The summed E-state index contributed by atoms with van der Waals surface area (Å²) in [4.78, 5) is 11.9. The molecule has 0 heterocycles. The zero-order chi connectivity index (χ0) is 11.2. The highest BCUT2D eigenvalue weighted by molar-refractivity contribution is 5.77. The number of hydrogen-bond acceptors (Lipinski definition) is 2. The molecule has 3 aliphatic rings. The normalized spacial score (nSPS) is 38.7. The summed E-state index contributed by atoms with van der Waals surface area (Å²) in [5.74, 6) is 2.54. The Bertz CT molecular complexity index is 298. The van der Waals surface area contributed by atoms with Crippen LogP contribution >= 0.6 is 0 Å². The molecule has 3 aliphatic carbocycles. The smallest absolute Gasteiger partial charge is 0.220 e. The standard InChI is InChI=1S/C13H21NO2/c15-8-13(3-4-13)14-12(16)7-11-6-9-1-2-10(11)5-9/h9-11,15H,1-8H2,(H,14,16). The van der Waals surface area contributed by atoms with E-state index in [2.05, 4.69) is 5.32 Å². The SMILES string of the molecule is O=C(CC1CC2CCC1C2)NC1(CO)CC1. The van der Waals surface area contributed by atoms with Gasteiger partial charge in [0.2, 0.25) is 5.91 Å². The highest BCUT2D eigenvalue weighted by Gasteiger charge is 2.45. The van der Waals surface area contributed by atoms with E-state index in [1.807, 2.05) is 0 Å². The molecule has 3 rings (SSSR count). The van der Waals surface area contributed by atoms with Crippen LogP contribution in [-0.2, 0) is 4.79 Å². The zero-order valence-electron chi connectivity index (χ0n) is 9.74. The van der Waals surface area contributed by atoms with Gasteiger partial charge >= 0.3 is 0 Å². The van der Waals surface area contributed by atoms with E-state index < -0.39 is 0 Å². The molecule has 0 aromatic carbocycles. The minimum atomic E-state index is -0.227. The number of rotatable bonds is 4. The number of hydrogen-bond donors (Lipinski definition) is 2. The van der Waals surface area contributed by atoms with Gasteiger partial charge in [0.1, 0.15) is 0 Å². The topological polar surface area (TPSA) is 49.3 Å². The molecule has 3 fully saturated rings. The summed E-state index contributed by atoms with van der Waals surface area (Å²) < 4.78 is 0. The Morgan fingerprint density at radius 1 is 1.31 bits per heavy atom. The van der Waals surface area contributed by atoms with E-state index >= 15 is 0 Å². The lowest BCUT2D eigenvalue weighted by molar-refractivity contribution is -0.123. The first-order valence-corrected chi connectivity index (χ1v) is 6.63. The Morgan fingerprint density at radius 3 is 2.62 bits per heavy atom. The first-order chi connectivity index (χ1) is 7.71. The van der Waals surface area contributed by atoms with E-state index in [9.17, 15) is 4.79 Å². The van der Waals surface area contributed by atoms with E-state index in [1.165, 1.54) is 25.7 Å². The molecule has 3 heteroatoms. The van der Waals surface area contributed by atoms with E-state index in [0.717, 1.165) is 24.7 Å². The molecule has 0 radical (unpaired) electrons. The van der Waals surface area contributed by atoms with Gasteiger partial charge in [-0.15, -0.1) is 0 Å². The van der Waals surface area contributed by atoms with Crippen LogP contribution in [0.2, 0.25) is 0 Å². The Labute approximate surface area is 96.6 Å². The van der Waals surface area contributed by atoms with Crippen molar-refractivity contribution in [3.63, 3.8) is 0 Å². The number of aliphatic hydroxyl groups excluding tert-OH is 1. The van der Waals surface area contributed by atoms with Gasteiger partial charge in [0, 0.05) is 6.42 Å². The second-order valence-corrected chi connectivity index (χ2v) is 6.13. The molecule has 0 aromatic rings. The average Bonchev–Trinajstić information content (AvgIpc) is 2.72. The number of fused-ring (bicyclic) bond motifs is 2. The lowest BCUT2D eigenvalue weighted by Gasteiger charge is -2.22. The number of carbonyl (C=O) groups excluding carboxylic acids is 1. The summed E-state index contributed by atoms with van der Waals surface area (Å²) >= 11 is 0. The van der Waals surface area contributed by atoms with Crippen molar-refractivity contribution in [3.8, 4) is 0 Å². The van der Waals surface area contributed by atoms with Crippen LogP contribution in [-0.4, -0.2) is 23.2 Å². The van der Waals surface area contributed by atoms with Gasteiger partial charge in [0.05, 0.1) is 12.1 Å². The molecule has 16 heavy (non-hydrogen) atoms. The monoisotopic (exact) mass is 223 g/mol. The van der Waals surface area contributed by atoms with Crippen LogP contribution in [0.15, 0.2) is 0 Å². The molecule has 0 saturated heterocycles. The summed E-state index contributed by atoms with van der Waals surface area (Å²) in [6.07, 6.45) is 7.96. The fourth-order valence-electron chi connectivity index (χ4n) is 3.68. The zero-order valence-corrected chi connectivity index (χ0v) is 9.74. The lowest BCUT2D eigenvalue weighted by Crippen LogP contribution is -2.40. The minimum Gasteiger partial charge on any atom is -0.394 e. The van der Waals surface area contributed by atoms with Gasteiger partial charge in [-0.2, -0.15) is 0 Å². The quantitative estimate of drug-likeness (QED) is 0.758. The van der Waals surface area contributed by atoms with Gasteiger partial charge < -0.3 is 10.4 Å². The highest BCUT2D eigenvalue weighted by Crippen LogP contribution is 2.49. The van der Waals surface area contributed by atoms with Crippen molar-refractivity contribution in [2.75, 3.05) is 6.61 Å². The first kappa shape index (κ1) is 10.6. The molecule has 90 valence electrons. The predicted molar refractivity (Wildman–Crippen MR) is 60.7 cm³/mol. The van der Waals surface area contributed by atoms with Crippen LogP contribution in [0, 0.1) is 17.8 Å². The van der Waals surface area contributed by atoms with Crippen molar-refractivity contribution < 1.29 is 9.90 Å². The Kier molecular flexibility index (Phi) is 2.46. The van der Waals surface area contributed by atoms with Crippen LogP contribution in [0.3, 0.4) is 0 Å². The van der Waals surface area contributed by atoms with Crippen LogP contribution in [0.5, 0.6) is 0 Å². The molecule has 3 nitrogen and oxygen atoms in total. The van der Waals surface area contributed by atoms with E-state index in [4.69, 9.17) is 5.11 Å². The summed E-state index contributed by atoms with van der Waals surface area (Å²) in [5, 5.41) is 12.2. The third-order valence-electron chi connectivity index (χ3n) is 4.89. The van der Waals surface area contributed by atoms with E-state index in [0.29, 0.717) is 12.3 Å². The minimum absolute atomic E-state index is 0.107. The fraction of sp³-hybridized carbons (Fsp3) is 0.923. The number of amides is 1. The number of carbonyl (C=O) groups is 1. The molecule has 0 spiro atoms. The average molecular weight is 223 g/mol. The van der Waals surface area contributed by atoms with Crippen LogP contribution in [0.4, 0.5) is 0 Å². The van der Waals surface area contributed by atoms with Crippen molar-refractivity contribution in [2.24, 2.45) is 17.8 Å². The van der Waals surface area contributed by atoms with Gasteiger partial charge in [-0.1, -0.05) is 6.42 Å². The second kappa shape index (κ2) is 3.73.